The third kappa shape index (κ3) is 5.37. The van der Waals surface area contributed by atoms with E-state index < -0.39 is 5.76 Å². The van der Waals surface area contributed by atoms with Crippen LogP contribution in [0.3, 0.4) is 0 Å². The molecule has 1 saturated heterocycles. The fraction of sp³-hybridized carbons (Fsp3) is 0.536. The quantitative estimate of drug-likeness (QED) is 0.322. The number of imidazole rings is 1. The summed E-state index contributed by atoms with van der Waals surface area (Å²) in [4.78, 5) is 26.4. The van der Waals surface area contributed by atoms with Crippen molar-refractivity contribution in [2.24, 2.45) is 17.8 Å². The first-order valence-corrected chi connectivity index (χ1v) is 14.1. The third-order valence-corrected chi connectivity index (χ3v) is 8.37. The maximum atomic E-state index is 11.7. The number of benzene rings is 1. The second-order valence-corrected chi connectivity index (χ2v) is 11.2. The molecule has 2 aliphatic rings. The van der Waals surface area contributed by atoms with Crippen LogP contribution in [0.4, 0.5) is 0 Å². The van der Waals surface area contributed by atoms with Gasteiger partial charge in [0.2, 0.25) is 5.82 Å². The molecular formula is C28H33ClN6O4. The van der Waals surface area contributed by atoms with Crippen LogP contribution in [0.25, 0.3) is 34.1 Å². The minimum Gasteiger partial charge on any atom is -0.384 e. The molecule has 1 unspecified atom stereocenters. The number of nitrogens with zero attached hydrogens (tertiary/aromatic N) is 5. The molecule has 4 heterocycles. The number of aromatic nitrogens is 6. The normalized spacial score (nSPS) is 21.4. The number of rotatable bonds is 7. The number of H-pyrrole nitrogens is 1. The van der Waals surface area contributed by atoms with E-state index in [1.54, 1.807) is 7.11 Å². The van der Waals surface area contributed by atoms with Gasteiger partial charge in [0.15, 0.2) is 5.65 Å². The van der Waals surface area contributed by atoms with Crippen LogP contribution in [0.15, 0.2) is 33.5 Å². The summed E-state index contributed by atoms with van der Waals surface area (Å²) < 4.78 is 19.3. The molecule has 1 aliphatic heterocycles. The van der Waals surface area contributed by atoms with Gasteiger partial charge in [-0.3, -0.25) is 0 Å². The van der Waals surface area contributed by atoms with Crippen molar-refractivity contribution < 1.29 is 13.9 Å². The van der Waals surface area contributed by atoms with Crippen LogP contribution >= 0.6 is 11.6 Å². The lowest BCUT2D eigenvalue weighted by Gasteiger charge is -2.31. The van der Waals surface area contributed by atoms with Crippen molar-refractivity contribution in [2.75, 3.05) is 20.3 Å². The lowest BCUT2D eigenvalue weighted by atomic mass is 9.83. The molecule has 0 radical (unpaired) electrons. The summed E-state index contributed by atoms with van der Waals surface area (Å²) in [5, 5.41) is 6.86. The zero-order chi connectivity index (χ0) is 26.9. The van der Waals surface area contributed by atoms with Crippen LogP contribution in [-0.2, 0) is 16.0 Å². The van der Waals surface area contributed by atoms with Gasteiger partial charge in [-0.05, 0) is 55.6 Å². The van der Waals surface area contributed by atoms with Crippen molar-refractivity contribution in [1.29, 1.82) is 0 Å². The van der Waals surface area contributed by atoms with E-state index >= 15 is 0 Å². The van der Waals surface area contributed by atoms with Crippen molar-refractivity contribution >= 4 is 22.8 Å². The van der Waals surface area contributed by atoms with Gasteiger partial charge in [0.25, 0.3) is 5.89 Å². The van der Waals surface area contributed by atoms with Gasteiger partial charge in [-0.15, -0.1) is 5.10 Å². The summed E-state index contributed by atoms with van der Waals surface area (Å²) in [6, 6.07) is 7.56. The number of nitrogens with one attached hydrogen (secondary N) is 1. The highest BCUT2D eigenvalue weighted by Gasteiger charge is 2.33. The Morgan fingerprint density at radius 3 is 2.62 bits per heavy atom. The van der Waals surface area contributed by atoms with Gasteiger partial charge in [-0.1, -0.05) is 43.5 Å². The predicted molar refractivity (Wildman–Crippen MR) is 146 cm³/mol. The molecule has 4 aromatic rings. The molecule has 11 heteroatoms. The van der Waals surface area contributed by atoms with Gasteiger partial charge in [-0.2, -0.15) is 0 Å². The van der Waals surface area contributed by atoms with E-state index in [-0.39, 0.29) is 23.7 Å². The zero-order valence-electron chi connectivity index (χ0n) is 22.2. The monoisotopic (exact) mass is 552 g/mol. The van der Waals surface area contributed by atoms with Gasteiger partial charge < -0.3 is 18.5 Å². The molecule has 6 rings (SSSR count). The number of ether oxygens (including phenoxy) is 2. The van der Waals surface area contributed by atoms with Crippen molar-refractivity contribution in [2.45, 2.75) is 58.1 Å². The third-order valence-electron chi connectivity index (χ3n) is 8.14. The van der Waals surface area contributed by atoms with Crippen molar-refractivity contribution in [3.8, 4) is 23.0 Å². The van der Waals surface area contributed by atoms with E-state index in [0.717, 1.165) is 42.2 Å². The molecule has 1 aliphatic carbocycles. The van der Waals surface area contributed by atoms with Gasteiger partial charge in [0.1, 0.15) is 23.1 Å². The molecular weight excluding hydrogens is 520 g/mol. The number of aromatic amines is 1. The standard InChI is InChI=1S/C28H33ClN6O4/c1-16-6-8-17(9-7-16)15-35-22-21(19-4-3-5-20(29)14-19)30-25(27-33-34-28(36)39-27)31-24(22)32-26(35)23(37-2)18-10-12-38-13-11-18/h3-5,14,16-18,23H,6-13,15H2,1-2H3,(H,34,36)/t16-,17-,23?. The minimum atomic E-state index is -0.672. The summed E-state index contributed by atoms with van der Waals surface area (Å²) in [6.45, 7) is 4.55. The largest absolute Gasteiger partial charge is 0.434 e. The topological polar surface area (TPSA) is 121 Å². The lowest BCUT2D eigenvalue weighted by Crippen LogP contribution is -2.27. The molecule has 0 spiro atoms. The molecule has 0 amide bonds. The van der Waals surface area contributed by atoms with E-state index in [1.165, 1.54) is 25.7 Å². The maximum Gasteiger partial charge on any atom is 0.434 e. The van der Waals surface area contributed by atoms with Crippen LogP contribution in [0.2, 0.25) is 5.02 Å². The zero-order valence-corrected chi connectivity index (χ0v) is 23.0. The first-order chi connectivity index (χ1) is 19.0. The molecule has 3 aromatic heterocycles. The van der Waals surface area contributed by atoms with Crippen LogP contribution in [0.5, 0.6) is 0 Å². The smallest absolute Gasteiger partial charge is 0.384 e. The van der Waals surface area contributed by atoms with Crippen LogP contribution in [-0.4, -0.2) is 50.0 Å². The molecule has 1 saturated carbocycles. The number of halogens is 1. The van der Waals surface area contributed by atoms with Crippen molar-refractivity contribution in [3.05, 3.63) is 45.7 Å². The Kier molecular flexibility index (Phi) is 7.51. The molecule has 1 N–H and O–H groups in total. The van der Waals surface area contributed by atoms with E-state index in [9.17, 15) is 4.79 Å². The Bertz CT molecular complexity index is 1500. The Hall–Kier alpha value is -3.08. The molecule has 0 bridgehead atoms. The Labute approximate surface area is 231 Å². The van der Waals surface area contributed by atoms with Gasteiger partial charge in [0, 0.05) is 37.5 Å². The molecule has 1 aromatic carbocycles. The number of hydrogen-bond donors (Lipinski definition) is 1. The van der Waals surface area contributed by atoms with Crippen molar-refractivity contribution in [3.63, 3.8) is 0 Å². The first kappa shape index (κ1) is 26.2. The Balaban J connectivity index is 1.57. The van der Waals surface area contributed by atoms with Gasteiger partial charge in [-0.25, -0.2) is 24.8 Å². The number of fused-ring (bicyclic) bond motifs is 1. The van der Waals surface area contributed by atoms with Crippen LogP contribution in [0, 0.1) is 17.8 Å². The highest BCUT2D eigenvalue weighted by Crippen LogP contribution is 2.39. The average molecular weight is 553 g/mol. The number of hydrogen-bond acceptors (Lipinski definition) is 8. The number of methoxy groups -OCH3 is 1. The van der Waals surface area contributed by atoms with E-state index in [4.69, 9.17) is 40.4 Å². The molecule has 39 heavy (non-hydrogen) atoms. The SMILES string of the molecule is COC(c1nc2nc(-c3n[nH]c(=O)o3)nc(-c3cccc(Cl)c3)c2n1C[C@H]1CC[C@H](C)CC1)C1CCOCC1. The lowest BCUT2D eigenvalue weighted by molar-refractivity contribution is -0.0200. The summed E-state index contributed by atoms with van der Waals surface area (Å²) >= 11 is 6.42. The Morgan fingerprint density at radius 2 is 1.92 bits per heavy atom. The fourth-order valence-corrected chi connectivity index (χ4v) is 6.20. The summed E-state index contributed by atoms with van der Waals surface area (Å²) in [5.41, 5.74) is 2.81. The molecule has 2 fully saturated rings. The Morgan fingerprint density at radius 1 is 1.13 bits per heavy atom. The van der Waals surface area contributed by atoms with Gasteiger partial charge in [0.05, 0.1) is 0 Å². The average Bonchev–Trinajstić information content (AvgIpc) is 3.54. The first-order valence-electron chi connectivity index (χ1n) is 13.7. The molecule has 10 nitrogen and oxygen atoms in total. The van der Waals surface area contributed by atoms with Crippen LogP contribution in [0.1, 0.15) is 57.4 Å². The minimum absolute atomic E-state index is 0.00951. The van der Waals surface area contributed by atoms with E-state index in [1.807, 2.05) is 24.3 Å². The van der Waals surface area contributed by atoms with E-state index in [0.29, 0.717) is 35.5 Å². The summed E-state index contributed by atoms with van der Waals surface area (Å²) in [6.07, 6.45) is 6.36. The fourth-order valence-electron chi connectivity index (χ4n) is 6.01. The summed E-state index contributed by atoms with van der Waals surface area (Å²) in [7, 11) is 1.75. The highest BCUT2D eigenvalue weighted by atomic mass is 35.5. The van der Waals surface area contributed by atoms with Crippen LogP contribution < -0.4 is 5.76 Å². The van der Waals surface area contributed by atoms with E-state index in [2.05, 4.69) is 21.7 Å². The maximum absolute atomic E-state index is 11.7. The van der Waals surface area contributed by atoms with Crippen molar-refractivity contribution in [1.82, 2.24) is 29.7 Å². The second-order valence-electron chi connectivity index (χ2n) is 10.8. The van der Waals surface area contributed by atoms with Gasteiger partial charge >= 0.3 is 5.76 Å². The summed E-state index contributed by atoms with van der Waals surface area (Å²) in [5.74, 6) is 1.91. The molecule has 206 valence electrons. The predicted octanol–water partition coefficient (Wildman–Crippen LogP) is 5.43. The second kappa shape index (κ2) is 11.2. The highest BCUT2D eigenvalue weighted by molar-refractivity contribution is 6.30. The molecule has 1 atom stereocenters.